The number of aromatic amines is 2. The molecular formula is C27H24N8O. The van der Waals surface area contributed by atoms with Gasteiger partial charge in [0, 0.05) is 45.7 Å². The Hall–Kier alpha value is -4.55. The lowest BCUT2D eigenvalue weighted by molar-refractivity contribution is -0.121. The van der Waals surface area contributed by atoms with Gasteiger partial charge in [-0.05, 0) is 57.2 Å². The predicted octanol–water partition coefficient (Wildman–Crippen LogP) is 5.00. The molecule has 9 heteroatoms. The van der Waals surface area contributed by atoms with Crippen LogP contribution in [0.1, 0.15) is 12.8 Å². The highest BCUT2D eigenvalue weighted by Crippen LogP contribution is 2.34. The van der Waals surface area contributed by atoms with Gasteiger partial charge >= 0.3 is 0 Å². The Bertz CT molecular complexity index is 1630. The third-order valence-corrected chi connectivity index (χ3v) is 6.87. The monoisotopic (exact) mass is 476 g/mol. The van der Waals surface area contributed by atoms with E-state index in [1.54, 1.807) is 18.6 Å². The summed E-state index contributed by atoms with van der Waals surface area (Å²) in [5.74, 6) is 0.0707. The molecule has 0 aliphatic carbocycles. The van der Waals surface area contributed by atoms with Crippen LogP contribution in [-0.2, 0) is 4.79 Å². The topological polar surface area (TPSA) is 107 Å². The Kier molecular flexibility index (Phi) is 5.43. The van der Waals surface area contributed by atoms with Gasteiger partial charge in [-0.25, -0.2) is 9.83 Å². The van der Waals surface area contributed by atoms with Crippen molar-refractivity contribution in [1.29, 1.82) is 0 Å². The molecule has 6 rings (SSSR count). The number of rotatable bonds is 4. The smallest absolute Gasteiger partial charge is 0.227 e. The van der Waals surface area contributed by atoms with Gasteiger partial charge in [-0.15, -0.1) is 0 Å². The number of fused-ring (bicyclic) bond motifs is 2. The summed E-state index contributed by atoms with van der Waals surface area (Å²) in [6.45, 7) is 9.31. The van der Waals surface area contributed by atoms with Crippen LogP contribution in [0.15, 0.2) is 55.0 Å². The molecule has 0 radical (unpaired) electrons. The van der Waals surface area contributed by atoms with Crippen LogP contribution in [-0.4, -0.2) is 56.1 Å². The maximum Gasteiger partial charge on any atom is 0.227 e. The summed E-state index contributed by atoms with van der Waals surface area (Å²) in [5, 5.41) is 12.2. The van der Waals surface area contributed by atoms with E-state index in [2.05, 4.69) is 47.3 Å². The molecule has 1 fully saturated rings. The second-order valence-electron chi connectivity index (χ2n) is 9.26. The van der Waals surface area contributed by atoms with Gasteiger partial charge in [0.15, 0.2) is 11.3 Å². The Morgan fingerprint density at radius 2 is 1.94 bits per heavy atom. The van der Waals surface area contributed by atoms with Crippen LogP contribution in [0.5, 0.6) is 0 Å². The third kappa shape index (κ3) is 3.97. The number of anilines is 1. The minimum atomic E-state index is 0.0241. The van der Waals surface area contributed by atoms with Gasteiger partial charge in [0.1, 0.15) is 0 Å². The summed E-state index contributed by atoms with van der Waals surface area (Å²) in [4.78, 5) is 30.9. The molecule has 0 atom stereocenters. The van der Waals surface area contributed by atoms with Crippen LogP contribution < -0.4 is 5.32 Å². The molecule has 4 aromatic heterocycles. The summed E-state index contributed by atoms with van der Waals surface area (Å²) >= 11 is 0. The van der Waals surface area contributed by atoms with Gasteiger partial charge < -0.3 is 15.2 Å². The first-order valence-corrected chi connectivity index (χ1v) is 11.9. The van der Waals surface area contributed by atoms with E-state index in [1.807, 2.05) is 36.4 Å². The Balaban J connectivity index is 1.31. The normalized spacial score (nSPS) is 14.8. The van der Waals surface area contributed by atoms with Gasteiger partial charge in [-0.3, -0.25) is 14.9 Å². The highest BCUT2D eigenvalue weighted by molar-refractivity contribution is 6.00. The fourth-order valence-corrected chi connectivity index (χ4v) is 4.82. The summed E-state index contributed by atoms with van der Waals surface area (Å²) in [7, 11) is 2.08. The van der Waals surface area contributed by atoms with Crippen LogP contribution in [0.25, 0.3) is 49.3 Å². The van der Waals surface area contributed by atoms with E-state index in [0.717, 1.165) is 64.7 Å². The van der Waals surface area contributed by atoms with Crippen molar-refractivity contribution in [2.45, 2.75) is 12.8 Å². The van der Waals surface area contributed by atoms with Crippen molar-refractivity contribution in [3.05, 3.63) is 66.4 Å². The van der Waals surface area contributed by atoms with Crippen LogP contribution >= 0.6 is 0 Å². The molecule has 1 aliphatic heterocycles. The quantitative estimate of drug-likeness (QED) is 0.317. The summed E-state index contributed by atoms with van der Waals surface area (Å²) < 4.78 is 0. The molecular weight excluding hydrogens is 452 g/mol. The van der Waals surface area contributed by atoms with E-state index in [1.165, 1.54) is 0 Å². The fourth-order valence-electron chi connectivity index (χ4n) is 4.82. The largest absolute Gasteiger partial charge is 0.354 e. The van der Waals surface area contributed by atoms with E-state index in [-0.39, 0.29) is 11.8 Å². The minimum Gasteiger partial charge on any atom is -0.354 e. The summed E-state index contributed by atoms with van der Waals surface area (Å²) in [6.07, 6.45) is 6.92. The van der Waals surface area contributed by atoms with Gasteiger partial charge in [0.2, 0.25) is 5.91 Å². The zero-order chi connectivity index (χ0) is 24.6. The van der Waals surface area contributed by atoms with Gasteiger partial charge in [-0.1, -0.05) is 12.1 Å². The number of H-pyrrole nitrogens is 2. The van der Waals surface area contributed by atoms with Crippen molar-refractivity contribution < 1.29 is 4.79 Å². The number of hydrogen-bond acceptors (Lipinski definition) is 5. The Morgan fingerprint density at radius 3 is 2.78 bits per heavy atom. The van der Waals surface area contributed by atoms with E-state index in [4.69, 9.17) is 6.57 Å². The van der Waals surface area contributed by atoms with Crippen molar-refractivity contribution in [1.82, 2.24) is 30.0 Å². The second kappa shape index (κ2) is 8.91. The summed E-state index contributed by atoms with van der Waals surface area (Å²) in [6, 6.07) is 11.5. The average molecular weight is 477 g/mol. The van der Waals surface area contributed by atoms with E-state index in [9.17, 15) is 4.79 Å². The predicted molar refractivity (Wildman–Crippen MR) is 140 cm³/mol. The Morgan fingerprint density at radius 1 is 1.11 bits per heavy atom. The van der Waals surface area contributed by atoms with Gasteiger partial charge in [0.05, 0.1) is 29.8 Å². The standard InChI is InChI=1S/C27H24N8O/c1-28-22-4-3-5-23-20(22)12-24(32-23)25-21-11-18(14-30-26(21)34-33-25)17-10-19(15-29-13-17)31-27(36)16-6-8-35(2)9-7-16/h3-5,10-16,32H,6-9H2,2H3,(H,31,36)(H,30,33,34). The number of pyridine rings is 2. The molecule has 5 heterocycles. The zero-order valence-electron chi connectivity index (χ0n) is 19.7. The van der Waals surface area contributed by atoms with Crippen LogP contribution in [0.3, 0.4) is 0 Å². The second-order valence-corrected chi connectivity index (χ2v) is 9.26. The number of benzene rings is 1. The highest BCUT2D eigenvalue weighted by atomic mass is 16.1. The molecule has 3 N–H and O–H groups in total. The summed E-state index contributed by atoms with van der Waals surface area (Å²) in [5.41, 5.74) is 6.11. The number of aromatic nitrogens is 5. The number of nitrogens with one attached hydrogen (secondary N) is 3. The highest BCUT2D eigenvalue weighted by Gasteiger charge is 2.23. The molecule has 9 nitrogen and oxygen atoms in total. The molecule has 0 spiro atoms. The van der Waals surface area contributed by atoms with E-state index in [0.29, 0.717) is 17.0 Å². The molecule has 0 bridgehead atoms. The van der Waals surface area contributed by atoms with Crippen LogP contribution in [0, 0.1) is 12.5 Å². The number of carbonyl (C=O) groups is 1. The van der Waals surface area contributed by atoms with Crippen LogP contribution in [0.2, 0.25) is 0 Å². The van der Waals surface area contributed by atoms with Crippen molar-refractivity contribution in [3.63, 3.8) is 0 Å². The average Bonchev–Trinajstić information content (AvgIpc) is 3.52. The first kappa shape index (κ1) is 21.9. The number of hydrogen-bond donors (Lipinski definition) is 3. The molecule has 5 aromatic rings. The molecule has 36 heavy (non-hydrogen) atoms. The Labute approximate surface area is 207 Å². The minimum absolute atomic E-state index is 0.0241. The van der Waals surface area contributed by atoms with Crippen molar-refractivity contribution in [3.8, 4) is 22.5 Å². The number of nitrogens with zero attached hydrogens (tertiary/aromatic N) is 5. The number of amides is 1. The lowest BCUT2D eigenvalue weighted by Crippen LogP contribution is -2.35. The molecule has 178 valence electrons. The van der Waals surface area contributed by atoms with Gasteiger partial charge in [-0.2, -0.15) is 5.10 Å². The molecule has 1 aliphatic rings. The lowest BCUT2D eigenvalue weighted by atomic mass is 9.96. The van der Waals surface area contributed by atoms with Crippen molar-refractivity contribution >= 4 is 39.2 Å². The van der Waals surface area contributed by atoms with Crippen molar-refractivity contribution in [2.75, 3.05) is 25.5 Å². The molecule has 0 saturated carbocycles. The first-order valence-electron chi connectivity index (χ1n) is 11.9. The number of likely N-dealkylation sites (tertiary alicyclic amines) is 1. The maximum atomic E-state index is 12.8. The fraction of sp³-hybridized carbons (Fsp3) is 0.222. The maximum absolute atomic E-state index is 12.8. The third-order valence-electron chi connectivity index (χ3n) is 6.87. The molecule has 1 aromatic carbocycles. The number of piperidine rings is 1. The SMILES string of the molecule is [C-]#[N+]c1cccc2[nH]c(-c3[nH]nc4ncc(-c5cncc(NC(=O)C6CCN(C)CC6)c5)cc34)cc12. The van der Waals surface area contributed by atoms with E-state index < -0.39 is 0 Å². The molecule has 1 amide bonds. The molecule has 0 unspecified atom stereocenters. The van der Waals surface area contributed by atoms with E-state index >= 15 is 0 Å². The lowest BCUT2D eigenvalue weighted by Gasteiger charge is -2.28. The number of carbonyl (C=O) groups excluding carboxylic acids is 1. The molecule has 1 saturated heterocycles. The van der Waals surface area contributed by atoms with Crippen LogP contribution in [0.4, 0.5) is 11.4 Å². The first-order chi connectivity index (χ1) is 17.6. The van der Waals surface area contributed by atoms with Gasteiger partial charge in [0.25, 0.3) is 0 Å². The zero-order valence-corrected chi connectivity index (χ0v) is 19.7. The van der Waals surface area contributed by atoms with Crippen molar-refractivity contribution in [2.24, 2.45) is 5.92 Å².